The summed E-state index contributed by atoms with van der Waals surface area (Å²) in [5.74, 6) is -0.0957. The normalized spacial score (nSPS) is 20.2. The number of nitro groups is 1. The molecule has 1 aliphatic carbocycles. The van der Waals surface area contributed by atoms with Crippen LogP contribution in [0.3, 0.4) is 0 Å². The van der Waals surface area contributed by atoms with Crippen LogP contribution in [0.2, 0.25) is 0 Å². The molecule has 0 bridgehead atoms. The summed E-state index contributed by atoms with van der Waals surface area (Å²) in [5.41, 5.74) is 0.651. The fourth-order valence-electron chi connectivity index (χ4n) is 3.57. The fourth-order valence-corrected chi connectivity index (χ4v) is 3.57. The predicted molar refractivity (Wildman–Crippen MR) is 93.4 cm³/mol. The first-order valence-electron chi connectivity index (χ1n) is 9.01. The van der Waals surface area contributed by atoms with Crippen LogP contribution in [-0.2, 0) is 16.1 Å². The molecule has 8 nitrogen and oxygen atoms in total. The quantitative estimate of drug-likeness (QED) is 0.642. The van der Waals surface area contributed by atoms with Gasteiger partial charge in [-0.05, 0) is 43.4 Å². The van der Waals surface area contributed by atoms with Crippen molar-refractivity contribution in [2.45, 2.75) is 57.2 Å². The first-order valence-corrected chi connectivity index (χ1v) is 9.01. The molecule has 1 N–H and O–H groups in total. The molecule has 8 heteroatoms. The molecule has 1 atom stereocenters. The van der Waals surface area contributed by atoms with E-state index in [9.17, 15) is 19.7 Å². The third kappa shape index (κ3) is 4.30. The molecular weight excluding hydrogens is 338 g/mol. The van der Waals surface area contributed by atoms with Crippen LogP contribution in [0.4, 0.5) is 10.5 Å². The number of rotatable bonds is 5. The van der Waals surface area contributed by atoms with Crippen molar-refractivity contribution in [3.05, 3.63) is 39.9 Å². The highest BCUT2D eigenvalue weighted by molar-refractivity contribution is 5.86. The number of likely N-dealkylation sites (tertiary alicyclic amines) is 1. The number of nitro benzene ring substituents is 1. The molecule has 26 heavy (non-hydrogen) atoms. The summed E-state index contributed by atoms with van der Waals surface area (Å²) in [5, 5.41) is 13.7. The highest BCUT2D eigenvalue weighted by Gasteiger charge is 2.36. The first kappa shape index (κ1) is 18.2. The second kappa shape index (κ2) is 8.16. The van der Waals surface area contributed by atoms with E-state index in [0.717, 1.165) is 32.1 Å². The Bertz CT molecular complexity index is 670. The van der Waals surface area contributed by atoms with E-state index in [1.807, 2.05) is 0 Å². The largest absolute Gasteiger partial charge is 0.445 e. The van der Waals surface area contributed by atoms with Gasteiger partial charge in [0.2, 0.25) is 5.91 Å². The number of amides is 2. The SMILES string of the molecule is O=C(NC1CCCC1)[C@@H]1CCCN1C(=O)OCc1ccc([N+](=O)[O-])cc1. The maximum absolute atomic E-state index is 12.5. The Labute approximate surface area is 151 Å². The van der Waals surface area contributed by atoms with Gasteiger partial charge in [0.1, 0.15) is 12.6 Å². The molecule has 1 saturated carbocycles. The molecule has 2 fully saturated rings. The van der Waals surface area contributed by atoms with Gasteiger partial charge < -0.3 is 10.1 Å². The van der Waals surface area contributed by atoms with Crippen LogP contribution in [0.5, 0.6) is 0 Å². The van der Waals surface area contributed by atoms with Gasteiger partial charge in [0.15, 0.2) is 0 Å². The summed E-state index contributed by atoms with van der Waals surface area (Å²) in [7, 11) is 0. The molecule has 0 spiro atoms. The molecule has 2 amide bonds. The highest BCUT2D eigenvalue weighted by Crippen LogP contribution is 2.22. The number of non-ortho nitro benzene ring substituents is 1. The highest BCUT2D eigenvalue weighted by atomic mass is 16.6. The van der Waals surface area contributed by atoms with Crippen LogP contribution in [-0.4, -0.2) is 40.5 Å². The molecule has 0 unspecified atom stereocenters. The van der Waals surface area contributed by atoms with Crippen LogP contribution < -0.4 is 5.32 Å². The summed E-state index contributed by atoms with van der Waals surface area (Å²) in [4.78, 5) is 36.5. The van der Waals surface area contributed by atoms with Crippen LogP contribution in [0.25, 0.3) is 0 Å². The number of nitrogens with one attached hydrogen (secondary N) is 1. The number of benzene rings is 1. The van der Waals surface area contributed by atoms with Gasteiger partial charge in [-0.2, -0.15) is 0 Å². The number of ether oxygens (including phenoxy) is 1. The Morgan fingerprint density at radius 3 is 2.50 bits per heavy atom. The standard InChI is InChI=1S/C18H23N3O5/c22-17(19-14-4-1-2-5-14)16-6-3-11-20(16)18(23)26-12-13-7-9-15(10-8-13)21(24)25/h7-10,14,16H,1-6,11-12H2,(H,19,22)/t16-/m0/s1. The van der Waals surface area contributed by atoms with Crippen molar-refractivity contribution in [3.8, 4) is 0 Å². The van der Waals surface area contributed by atoms with E-state index in [4.69, 9.17) is 4.74 Å². The minimum atomic E-state index is -0.521. The number of nitrogens with zero attached hydrogens (tertiary/aromatic N) is 2. The van der Waals surface area contributed by atoms with Crippen LogP contribution in [0.15, 0.2) is 24.3 Å². The maximum Gasteiger partial charge on any atom is 0.410 e. The smallest absolute Gasteiger partial charge is 0.410 e. The Morgan fingerprint density at radius 1 is 1.15 bits per heavy atom. The maximum atomic E-state index is 12.5. The molecule has 1 heterocycles. The van der Waals surface area contributed by atoms with Gasteiger partial charge in [-0.25, -0.2) is 4.79 Å². The van der Waals surface area contributed by atoms with Crippen molar-refractivity contribution in [1.29, 1.82) is 0 Å². The van der Waals surface area contributed by atoms with Crippen molar-refractivity contribution >= 4 is 17.7 Å². The lowest BCUT2D eigenvalue weighted by Gasteiger charge is -2.24. The molecule has 0 aromatic heterocycles. The summed E-state index contributed by atoms with van der Waals surface area (Å²) < 4.78 is 5.30. The predicted octanol–water partition coefficient (Wildman–Crippen LogP) is 2.75. The zero-order chi connectivity index (χ0) is 18.5. The number of hydrogen-bond acceptors (Lipinski definition) is 5. The van der Waals surface area contributed by atoms with E-state index in [-0.39, 0.29) is 24.2 Å². The third-order valence-electron chi connectivity index (χ3n) is 5.00. The van der Waals surface area contributed by atoms with E-state index < -0.39 is 17.1 Å². The Kier molecular flexibility index (Phi) is 5.70. The second-order valence-corrected chi connectivity index (χ2v) is 6.82. The molecule has 140 valence electrons. The van der Waals surface area contributed by atoms with Gasteiger partial charge >= 0.3 is 6.09 Å². The Hall–Kier alpha value is -2.64. The third-order valence-corrected chi connectivity index (χ3v) is 5.00. The van der Waals surface area contributed by atoms with Gasteiger partial charge in [-0.15, -0.1) is 0 Å². The van der Waals surface area contributed by atoms with Crippen molar-refractivity contribution in [1.82, 2.24) is 10.2 Å². The molecule has 1 aliphatic heterocycles. The van der Waals surface area contributed by atoms with E-state index >= 15 is 0 Å². The lowest BCUT2D eigenvalue weighted by Crippen LogP contribution is -2.48. The number of hydrogen-bond donors (Lipinski definition) is 1. The molecule has 1 aromatic rings. The number of carbonyl (C=O) groups is 2. The van der Waals surface area contributed by atoms with Crippen molar-refractivity contribution in [2.24, 2.45) is 0 Å². The van der Waals surface area contributed by atoms with Crippen LogP contribution in [0.1, 0.15) is 44.1 Å². The molecule has 3 rings (SSSR count). The lowest BCUT2D eigenvalue weighted by atomic mass is 10.2. The van der Waals surface area contributed by atoms with Gasteiger partial charge in [-0.1, -0.05) is 12.8 Å². The van der Waals surface area contributed by atoms with Gasteiger partial charge in [0.05, 0.1) is 4.92 Å². The number of carbonyl (C=O) groups excluding carboxylic acids is 2. The zero-order valence-corrected chi connectivity index (χ0v) is 14.6. The first-order chi connectivity index (χ1) is 12.5. The van der Waals surface area contributed by atoms with Gasteiger partial charge in [-0.3, -0.25) is 19.8 Å². The molecule has 1 aromatic carbocycles. The summed E-state index contributed by atoms with van der Waals surface area (Å²) >= 11 is 0. The van der Waals surface area contributed by atoms with Crippen molar-refractivity contribution in [3.63, 3.8) is 0 Å². The average molecular weight is 361 g/mol. The Balaban J connectivity index is 1.52. The van der Waals surface area contributed by atoms with E-state index in [1.54, 1.807) is 12.1 Å². The van der Waals surface area contributed by atoms with Gasteiger partial charge in [0.25, 0.3) is 5.69 Å². The van der Waals surface area contributed by atoms with Crippen LogP contribution in [0, 0.1) is 10.1 Å². The van der Waals surface area contributed by atoms with Crippen LogP contribution >= 0.6 is 0 Å². The van der Waals surface area contributed by atoms with E-state index in [1.165, 1.54) is 17.0 Å². The Morgan fingerprint density at radius 2 is 1.85 bits per heavy atom. The molecule has 0 radical (unpaired) electrons. The topological polar surface area (TPSA) is 102 Å². The minimum absolute atomic E-state index is 0.0109. The average Bonchev–Trinajstić information content (AvgIpc) is 3.31. The molecule has 2 aliphatic rings. The van der Waals surface area contributed by atoms with Crippen molar-refractivity contribution < 1.29 is 19.2 Å². The van der Waals surface area contributed by atoms with E-state index in [0.29, 0.717) is 18.5 Å². The fraction of sp³-hybridized carbons (Fsp3) is 0.556. The summed E-state index contributed by atoms with van der Waals surface area (Å²) in [6.45, 7) is 0.520. The monoisotopic (exact) mass is 361 g/mol. The summed E-state index contributed by atoms with van der Waals surface area (Å²) in [6.07, 6.45) is 5.17. The van der Waals surface area contributed by atoms with Gasteiger partial charge in [0, 0.05) is 24.7 Å². The lowest BCUT2D eigenvalue weighted by molar-refractivity contribution is -0.384. The summed E-state index contributed by atoms with van der Waals surface area (Å²) in [6, 6.07) is 5.61. The molecular formula is C18H23N3O5. The minimum Gasteiger partial charge on any atom is -0.445 e. The zero-order valence-electron chi connectivity index (χ0n) is 14.6. The van der Waals surface area contributed by atoms with Crippen molar-refractivity contribution in [2.75, 3.05) is 6.54 Å². The van der Waals surface area contributed by atoms with E-state index in [2.05, 4.69) is 5.32 Å². The molecule has 1 saturated heterocycles. The second-order valence-electron chi connectivity index (χ2n) is 6.82.